The summed E-state index contributed by atoms with van der Waals surface area (Å²) in [5.74, 6) is -0.901. The van der Waals surface area contributed by atoms with Gasteiger partial charge in [0, 0.05) is 18.0 Å². The highest BCUT2D eigenvalue weighted by atomic mass is 32.2. The van der Waals surface area contributed by atoms with Crippen molar-refractivity contribution in [3.05, 3.63) is 29.6 Å². The summed E-state index contributed by atoms with van der Waals surface area (Å²) in [6, 6.07) is 4.71. The molecule has 0 unspecified atom stereocenters. The van der Waals surface area contributed by atoms with Gasteiger partial charge >= 0.3 is 5.97 Å². The molecule has 0 aromatic heterocycles. The van der Waals surface area contributed by atoms with E-state index in [0.717, 1.165) is 19.3 Å². The molecule has 0 radical (unpaired) electrons. The smallest absolute Gasteiger partial charge is 0.309 e. The molecule has 2 aliphatic rings. The first-order valence-electron chi connectivity index (χ1n) is 7.72. The largest absolute Gasteiger partial charge is 0.469 e. The van der Waals surface area contributed by atoms with Crippen molar-refractivity contribution in [3.63, 3.8) is 0 Å². The highest BCUT2D eigenvalue weighted by molar-refractivity contribution is 7.98. The number of ether oxygens (including phenoxy) is 1. The molecule has 0 bridgehead atoms. The molecule has 1 saturated heterocycles. The van der Waals surface area contributed by atoms with Crippen molar-refractivity contribution in [1.29, 1.82) is 0 Å². The van der Waals surface area contributed by atoms with Crippen molar-refractivity contribution in [2.24, 2.45) is 11.3 Å². The Labute approximate surface area is 139 Å². The first-order valence-corrected chi connectivity index (χ1v) is 8.94. The maximum Gasteiger partial charge on any atom is 0.309 e. The van der Waals surface area contributed by atoms with Crippen LogP contribution in [0.2, 0.25) is 0 Å². The fraction of sp³-hybridized carbons (Fsp3) is 0.529. The summed E-state index contributed by atoms with van der Waals surface area (Å²) in [5.41, 5.74) is 0.165. The third-order valence-electron chi connectivity index (χ3n) is 5.13. The van der Waals surface area contributed by atoms with E-state index in [1.165, 1.54) is 24.9 Å². The highest BCUT2D eigenvalue weighted by Crippen LogP contribution is 2.59. The van der Waals surface area contributed by atoms with E-state index in [1.807, 2.05) is 6.26 Å². The van der Waals surface area contributed by atoms with Gasteiger partial charge in [0.05, 0.1) is 18.6 Å². The van der Waals surface area contributed by atoms with E-state index in [1.54, 1.807) is 17.0 Å². The van der Waals surface area contributed by atoms with Gasteiger partial charge in [-0.1, -0.05) is 6.07 Å². The third-order valence-corrected chi connectivity index (χ3v) is 5.91. The van der Waals surface area contributed by atoms with Gasteiger partial charge in [0.15, 0.2) is 0 Å². The number of carbonyl (C=O) groups excluding carboxylic acids is 2. The molecule has 1 spiro atoms. The molecule has 1 aliphatic heterocycles. The lowest BCUT2D eigenvalue weighted by Gasteiger charge is -2.33. The summed E-state index contributed by atoms with van der Waals surface area (Å²) >= 11 is 1.37. The number of methoxy groups -OCH3 is 1. The maximum atomic E-state index is 14.1. The van der Waals surface area contributed by atoms with Gasteiger partial charge in [-0.2, -0.15) is 0 Å². The Hall–Kier alpha value is -1.56. The van der Waals surface area contributed by atoms with Gasteiger partial charge in [-0.15, -0.1) is 11.8 Å². The van der Waals surface area contributed by atoms with Crippen LogP contribution in [0.1, 0.15) is 29.6 Å². The third kappa shape index (κ3) is 2.84. The summed E-state index contributed by atoms with van der Waals surface area (Å²) < 4.78 is 18.9. The predicted molar refractivity (Wildman–Crippen MR) is 85.9 cm³/mol. The van der Waals surface area contributed by atoms with Gasteiger partial charge in [-0.25, -0.2) is 4.39 Å². The van der Waals surface area contributed by atoms with Gasteiger partial charge in [0.2, 0.25) is 0 Å². The molecule has 1 aromatic rings. The van der Waals surface area contributed by atoms with Gasteiger partial charge in [0.1, 0.15) is 5.82 Å². The van der Waals surface area contributed by atoms with Gasteiger partial charge in [0.25, 0.3) is 5.91 Å². The number of hydrogen-bond donors (Lipinski definition) is 0. The van der Waals surface area contributed by atoms with Crippen LogP contribution in [0, 0.1) is 17.2 Å². The first-order chi connectivity index (χ1) is 11.0. The molecular formula is C17H20FNO3S. The lowest BCUT2D eigenvalue weighted by Crippen LogP contribution is -2.40. The zero-order valence-corrected chi connectivity index (χ0v) is 14.1. The van der Waals surface area contributed by atoms with Crippen LogP contribution in [0.15, 0.2) is 23.1 Å². The zero-order chi connectivity index (χ0) is 16.6. The highest BCUT2D eigenvalue weighted by Gasteiger charge is 2.59. The number of hydrogen-bond acceptors (Lipinski definition) is 4. The minimum Gasteiger partial charge on any atom is -0.469 e. The number of halogens is 1. The van der Waals surface area contributed by atoms with Crippen molar-refractivity contribution in [1.82, 2.24) is 4.90 Å². The summed E-state index contributed by atoms with van der Waals surface area (Å²) in [6.45, 7) is 1.13. The van der Waals surface area contributed by atoms with Gasteiger partial charge in [-0.05, 0) is 43.1 Å². The van der Waals surface area contributed by atoms with Crippen LogP contribution in [0.3, 0.4) is 0 Å². The number of likely N-dealkylation sites (tertiary alicyclic amines) is 1. The molecule has 4 nitrogen and oxygen atoms in total. The van der Waals surface area contributed by atoms with Crippen LogP contribution in [0.25, 0.3) is 0 Å². The van der Waals surface area contributed by atoms with Crippen molar-refractivity contribution in [3.8, 4) is 0 Å². The molecule has 2 fully saturated rings. The van der Waals surface area contributed by atoms with E-state index < -0.39 is 5.82 Å². The normalized spacial score (nSPS) is 22.0. The Balaban J connectivity index is 1.69. The molecule has 1 atom stereocenters. The number of esters is 1. The second-order valence-electron chi connectivity index (χ2n) is 6.25. The zero-order valence-electron chi connectivity index (χ0n) is 13.3. The number of piperidine rings is 1. The fourth-order valence-corrected chi connectivity index (χ4v) is 4.17. The number of rotatable bonds is 3. The molecule has 1 aliphatic carbocycles. The van der Waals surface area contributed by atoms with E-state index in [9.17, 15) is 14.0 Å². The Bertz CT molecular complexity index is 641. The molecule has 1 amide bonds. The Kier molecular flexibility index (Phi) is 4.36. The molecule has 3 rings (SSSR count). The van der Waals surface area contributed by atoms with Crippen molar-refractivity contribution < 1.29 is 18.7 Å². The van der Waals surface area contributed by atoms with Gasteiger partial charge < -0.3 is 9.64 Å². The van der Waals surface area contributed by atoms with Crippen molar-refractivity contribution in [2.45, 2.75) is 24.2 Å². The molecule has 1 heterocycles. The summed E-state index contributed by atoms with van der Waals surface area (Å²) in [5, 5.41) is 0. The lowest BCUT2D eigenvalue weighted by molar-refractivity contribution is -0.143. The Morgan fingerprint density at radius 3 is 2.65 bits per heavy atom. The molecule has 23 heavy (non-hydrogen) atoms. The van der Waals surface area contributed by atoms with Crippen LogP contribution < -0.4 is 0 Å². The average Bonchev–Trinajstić information content (AvgIpc) is 3.27. The Morgan fingerprint density at radius 1 is 1.35 bits per heavy atom. The van der Waals surface area contributed by atoms with Crippen LogP contribution in [-0.4, -0.2) is 43.2 Å². The fourth-order valence-electron chi connectivity index (χ4n) is 3.57. The van der Waals surface area contributed by atoms with Crippen LogP contribution >= 0.6 is 11.8 Å². The Morgan fingerprint density at radius 2 is 2.04 bits per heavy atom. The summed E-state index contributed by atoms with van der Waals surface area (Å²) in [6.07, 6.45) is 4.24. The number of thioether (sulfide) groups is 1. The topological polar surface area (TPSA) is 46.6 Å². The number of amides is 1. The van der Waals surface area contributed by atoms with Crippen LogP contribution in [-0.2, 0) is 9.53 Å². The maximum absolute atomic E-state index is 14.1. The van der Waals surface area contributed by atoms with Crippen LogP contribution in [0.5, 0.6) is 0 Å². The lowest BCUT2D eigenvalue weighted by atomic mass is 9.90. The molecule has 124 valence electrons. The van der Waals surface area contributed by atoms with E-state index in [0.29, 0.717) is 18.0 Å². The van der Waals surface area contributed by atoms with Crippen molar-refractivity contribution in [2.75, 3.05) is 26.5 Å². The summed E-state index contributed by atoms with van der Waals surface area (Å²) in [4.78, 5) is 26.7. The summed E-state index contributed by atoms with van der Waals surface area (Å²) in [7, 11) is 1.41. The molecule has 6 heteroatoms. The first kappa shape index (κ1) is 16.3. The van der Waals surface area contributed by atoms with Gasteiger partial charge in [-0.3, -0.25) is 9.59 Å². The van der Waals surface area contributed by atoms with Crippen molar-refractivity contribution >= 4 is 23.6 Å². The predicted octanol–water partition coefficient (Wildman–Crippen LogP) is 2.96. The van der Waals surface area contributed by atoms with E-state index in [-0.39, 0.29) is 28.8 Å². The average molecular weight is 337 g/mol. The SMILES string of the molecule is COC(=O)[C@@H]1CC12CCN(C(=O)c1c(F)cccc1SC)CC2. The number of nitrogens with zero attached hydrogens (tertiary/aromatic N) is 1. The second-order valence-corrected chi connectivity index (χ2v) is 7.10. The second kappa shape index (κ2) is 6.15. The van der Waals surface area contributed by atoms with E-state index in [2.05, 4.69) is 0 Å². The van der Waals surface area contributed by atoms with E-state index in [4.69, 9.17) is 4.74 Å². The van der Waals surface area contributed by atoms with Crippen LogP contribution in [0.4, 0.5) is 4.39 Å². The molecular weight excluding hydrogens is 317 g/mol. The standard InChI is InChI=1S/C17H20FNO3S/c1-22-16(21)11-10-17(11)6-8-19(9-7-17)15(20)14-12(18)4-3-5-13(14)23-2/h3-5,11H,6-10H2,1-2H3/t11-/m0/s1. The minimum atomic E-state index is -0.471. The van der Waals surface area contributed by atoms with E-state index >= 15 is 0 Å². The quantitative estimate of drug-likeness (QED) is 0.628. The monoisotopic (exact) mass is 337 g/mol. The number of benzene rings is 1. The molecule has 1 aromatic carbocycles. The molecule has 0 N–H and O–H groups in total. The number of carbonyl (C=O) groups is 2. The molecule has 1 saturated carbocycles. The minimum absolute atomic E-state index is 0.00143.